The number of carbonyl (C=O) groups excluding carboxylic acids is 1. The molecular weight excluding hydrogens is 782 g/mol. The maximum Gasteiger partial charge on any atom is 0.472 e. The lowest BCUT2D eigenvalue weighted by Crippen LogP contribution is -2.28. The lowest BCUT2D eigenvalue weighted by molar-refractivity contribution is -0.154. The van der Waals surface area contributed by atoms with Crippen molar-refractivity contribution < 1.29 is 32.8 Å². The number of rotatable bonds is 51. The second kappa shape index (κ2) is 50.0. The van der Waals surface area contributed by atoms with Gasteiger partial charge in [-0.15, -0.1) is 0 Å². The van der Waals surface area contributed by atoms with E-state index in [-0.39, 0.29) is 32.3 Å². The second-order valence-corrected chi connectivity index (χ2v) is 19.2. The number of nitrogens with two attached hydrogens (primary N) is 1. The molecule has 2 atom stereocenters. The van der Waals surface area contributed by atoms with E-state index in [1.165, 1.54) is 205 Å². The van der Waals surface area contributed by atoms with Gasteiger partial charge in [-0.1, -0.05) is 237 Å². The molecule has 0 aromatic heterocycles. The van der Waals surface area contributed by atoms with Gasteiger partial charge in [-0.25, -0.2) is 4.57 Å². The minimum atomic E-state index is -4.28. The third-order valence-corrected chi connectivity index (χ3v) is 12.6. The number of allylic oxidation sites excluding steroid dienone is 4. The maximum absolute atomic E-state index is 12.7. The first kappa shape index (κ1) is 60.0. The lowest BCUT2D eigenvalue weighted by Gasteiger charge is -2.20. The van der Waals surface area contributed by atoms with Crippen molar-refractivity contribution in [2.45, 2.75) is 270 Å². The summed E-state index contributed by atoms with van der Waals surface area (Å²) in [4.78, 5) is 22.6. The highest BCUT2D eigenvalue weighted by Gasteiger charge is 2.25. The number of phosphoric acid groups is 1. The summed E-state index contributed by atoms with van der Waals surface area (Å²) in [7, 11) is -4.28. The highest BCUT2D eigenvalue weighted by molar-refractivity contribution is 7.47. The largest absolute Gasteiger partial charge is 0.472 e. The van der Waals surface area contributed by atoms with E-state index >= 15 is 0 Å². The minimum absolute atomic E-state index is 0.0942. The number of unbranched alkanes of at least 4 members (excludes halogenated alkanes) is 34. The average molecular weight is 884 g/mol. The fraction of sp³-hybridized carbons (Fsp3) is 0.904. The molecule has 0 aromatic rings. The van der Waals surface area contributed by atoms with E-state index in [0.29, 0.717) is 13.0 Å². The van der Waals surface area contributed by atoms with Gasteiger partial charge in [0.05, 0.1) is 19.8 Å². The van der Waals surface area contributed by atoms with Crippen LogP contribution in [-0.2, 0) is 27.9 Å². The van der Waals surface area contributed by atoms with Crippen LogP contribution in [0.5, 0.6) is 0 Å². The molecule has 8 nitrogen and oxygen atoms in total. The summed E-state index contributed by atoms with van der Waals surface area (Å²) in [5.41, 5.74) is 5.39. The van der Waals surface area contributed by atoms with Crippen molar-refractivity contribution >= 4 is 13.8 Å². The summed E-state index contributed by atoms with van der Waals surface area (Å²) in [5, 5.41) is 0. The Kier molecular flexibility index (Phi) is 49.2. The predicted molar refractivity (Wildman–Crippen MR) is 261 cm³/mol. The number of esters is 1. The molecule has 0 saturated carbocycles. The van der Waals surface area contributed by atoms with Crippen molar-refractivity contribution in [3.8, 4) is 0 Å². The van der Waals surface area contributed by atoms with Gasteiger partial charge in [0.1, 0.15) is 6.10 Å². The van der Waals surface area contributed by atoms with Gasteiger partial charge in [-0.2, -0.15) is 0 Å². The molecular formula is C52H102NO7P. The van der Waals surface area contributed by atoms with E-state index in [4.69, 9.17) is 24.3 Å². The SMILES string of the molecule is CCCCCC/C=C\C/C=C\CCCCCCCCCCOCC(COP(=O)(O)OCCN)OC(=O)CCCCCCCCCCCCCCCCCCCCCCCCC. The third kappa shape index (κ3) is 49.8. The fourth-order valence-corrected chi connectivity index (χ4v) is 8.50. The van der Waals surface area contributed by atoms with E-state index in [0.717, 1.165) is 38.5 Å². The maximum atomic E-state index is 12.7. The van der Waals surface area contributed by atoms with Crippen molar-refractivity contribution in [1.82, 2.24) is 0 Å². The molecule has 0 aliphatic rings. The van der Waals surface area contributed by atoms with Gasteiger partial charge in [-0.05, 0) is 44.9 Å². The molecule has 9 heteroatoms. The smallest absolute Gasteiger partial charge is 0.457 e. The van der Waals surface area contributed by atoms with Crippen LogP contribution in [0.25, 0.3) is 0 Å². The highest BCUT2D eigenvalue weighted by atomic mass is 31.2. The Morgan fingerprint density at radius 1 is 0.492 bits per heavy atom. The van der Waals surface area contributed by atoms with Crippen molar-refractivity contribution in [2.24, 2.45) is 5.73 Å². The normalized spacial score (nSPS) is 13.4. The number of phosphoric ester groups is 1. The van der Waals surface area contributed by atoms with Crippen LogP contribution in [0.3, 0.4) is 0 Å². The molecule has 0 aromatic carbocycles. The van der Waals surface area contributed by atoms with E-state index < -0.39 is 13.9 Å². The van der Waals surface area contributed by atoms with Crippen molar-refractivity contribution in [3.05, 3.63) is 24.3 Å². The van der Waals surface area contributed by atoms with Gasteiger partial charge in [0.25, 0.3) is 0 Å². The van der Waals surface area contributed by atoms with Gasteiger partial charge in [0.2, 0.25) is 0 Å². The molecule has 0 bridgehead atoms. The van der Waals surface area contributed by atoms with Crippen LogP contribution >= 0.6 is 7.82 Å². The monoisotopic (exact) mass is 884 g/mol. The molecule has 61 heavy (non-hydrogen) atoms. The minimum Gasteiger partial charge on any atom is -0.457 e. The van der Waals surface area contributed by atoms with E-state index in [1.54, 1.807) is 0 Å². The van der Waals surface area contributed by atoms with Crippen LogP contribution in [0.1, 0.15) is 264 Å². The molecule has 3 N–H and O–H groups in total. The number of hydrogen-bond donors (Lipinski definition) is 2. The quantitative estimate of drug-likeness (QED) is 0.0268. The molecule has 0 heterocycles. The van der Waals surface area contributed by atoms with Crippen molar-refractivity contribution in [3.63, 3.8) is 0 Å². The molecule has 362 valence electrons. The summed E-state index contributed by atoms with van der Waals surface area (Å²) in [5.74, 6) is -0.326. The molecule has 0 amide bonds. The van der Waals surface area contributed by atoms with Crippen LogP contribution in [-0.4, -0.2) is 49.9 Å². The second-order valence-electron chi connectivity index (χ2n) is 17.7. The molecule has 0 saturated heterocycles. The molecule has 0 aliphatic heterocycles. The first-order chi connectivity index (χ1) is 29.9. The van der Waals surface area contributed by atoms with Crippen LogP contribution in [0.4, 0.5) is 0 Å². The molecule has 0 spiro atoms. The Balaban J connectivity index is 3.89. The standard InChI is InChI=1S/C52H102NO7P/c1-3-5-7-9-11-13-15-17-19-21-23-24-25-26-27-29-31-33-35-37-39-41-43-45-52(54)60-51(50-59-61(55,56)58-48-46-53)49-57-47-44-42-40-38-36-34-32-30-28-22-20-18-16-14-12-10-8-6-4-2/h14,16,20,22,51H,3-13,15,17-19,21,23-50,53H2,1-2H3,(H,55,56)/b16-14-,22-20-. The third-order valence-electron chi connectivity index (χ3n) is 11.6. The predicted octanol–water partition coefficient (Wildman–Crippen LogP) is 16.4. The number of hydrogen-bond acceptors (Lipinski definition) is 7. The zero-order chi connectivity index (χ0) is 44.4. The Hall–Kier alpha value is -1.02. The van der Waals surface area contributed by atoms with Gasteiger partial charge in [-0.3, -0.25) is 13.8 Å². The molecule has 0 radical (unpaired) electrons. The Morgan fingerprint density at radius 3 is 1.30 bits per heavy atom. The van der Waals surface area contributed by atoms with Crippen LogP contribution in [0.15, 0.2) is 24.3 Å². The van der Waals surface area contributed by atoms with E-state index in [9.17, 15) is 14.3 Å². The molecule has 0 aliphatic carbocycles. The van der Waals surface area contributed by atoms with Crippen molar-refractivity contribution in [2.75, 3.05) is 33.0 Å². The molecule has 0 rings (SSSR count). The first-order valence-corrected chi connectivity index (χ1v) is 27.8. The van der Waals surface area contributed by atoms with Crippen molar-refractivity contribution in [1.29, 1.82) is 0 Å². The van der Waals surface area contributed by atoms with E-state index in [1.807, 2.05) is 0 Å². The molecule has 2 unspecified atom stereocenters. The summed E-state index contributed by atoms with van der Waals surface area (Å²) in [6.45, 7) is 4.95. The summed E-state index contributed by atoms with van der Waals surface area (Å²) < 4.78 is 33.6. The van der Waals surface area contributed by atoms with Crippen LogP contribution in [0, 0.1) is 0 Å². The zero-order valence-electron chi connectivity index (χ0n) is 40.4. The Labute approximate surface area is 378 Å². The van der Waals surface area contributed by atoms with Gasteiger partial charge < -0.3 is 20.1 Å². The highest BCUT2D eigenvalue weighted by Crippen LogP contribution is 2.43. The number of ether oxygens (including phenoxy) is 2. The fourth-order valence-electron chi connectivity index (χ4n) is 7.74. The van der Waals surface area contributed by atoms with Gasteiger partial charge in [0.15, 0.2) is 0 Å². The topological polar surface area (TPSA) is 117 Å². The lowest BCUT2D eigenvalue weighted by atomic mass is 10.0. The summed E-state index contributed by atoms with van der Waals surface area (Å²) in [6.07, 6.45) is 57.9. The van der Waals surface area contributed by atoms with Crippen LogP contribution < -0.4 is 5.73 Å². The Bertz CT molecular complexity index is 993. The van der Waals surface area contributed by atoms with Gasteiger partial charge in [0, 0.05) is 19.6 Å². The Morgan fingerprint density at radius 2 is 0.869 bits per heavy atom. The average Bonchev–Trinajstić information content (AvgIpc) is 3.25. The van der Waals surface area contributed by atoms with E-state index in [2.05, 4.69) is 38.2 Å². The first-order valence-electron chi connectivity index (χ1n) is 26.3. The number of carbonyl (C=O) groups is 1. The zero-order valence-corrected chi connectivity index (χ0v) is 41.3. The molecule has 0 fully saturated rings. The summed E-state index contributed by atoms with van der Waals surface area (Å²) in [6, 6.07) is 0. The van der Waals surface area contributed by atoms with Crippen LogP contribution in [0.2, 0.25) is 0 Å². The summed E-state index contributed by atoms with van der Waals surface area (Å²) >= 11 is 0. The van der Waals surface area contributed by atoms with Gasteiger partial charge >= 0.3 is 13.8 Å².